The fourth-order valence-electron chi connectivity index (χ4n) is 1.87. The van der Waals surface area contributed by atoms with Crippen molar-refractivity contribution in [3.05, 3.63) is 29.8 Å². The predicted octanol–water partition coefficient (Wildman–Crippen LogP) is 1.73. The number of hydrogen-bond acceptors (Lipinski definition) is 4. The van der Waals surface area contributed by atoms with Gasteiger partial charge in [-0.25, -0.2) is 0 Å². The Bertz CT molecular complexity index is 471. The van der Waals surface area contributed by atoms with Crippen molar-refractivity contribution in [2.45, 2.75) is 32.7 Å². The number of methoxy groups -OCH3 is 1. The Morgan fingerprint density at radius 3 is 2.50 bits per heavy atom. The molecule has 20 heavy (non-hydrogen) atoms. The number of rotatable bonds is 6. The average Bonchev–Trinajstić information content (AvgIpc) is 2.42. The molecule has 0 bridgehead atoms. The quantitative estimate of drug-likeness (QED) is 0.805. The second-order valence-corrected chi connectivity index (χ2v) is 4.82. The van der Waals surface area contributed by atoms with Gasteiger partial charge in [0.2, 0.25) is 5.91 Å². The van der Waals surface area contributed by atoms with E-state index in [9.17, 15) is 14.7 Å². The smallest absolute Gasteiger partial charge is 0.325 e. The predicted molar refractivity (Wildman–Crippen MR) is 75.3 cm³/mol. The highest BCUT2D eigenvalue weighted by Gasteiger charge is 2.20. The molecule has 0 heterocycles. The van der Waals surface area contributed by atoms with Crippen molar-refractivity contribution in [3.8, 4) is 5.75 Å². The van der Waals surface area contributed by atoms with Crippen LogP contribution in [0.4, 0.5) is 0 Å². The maximum atomic E-state index is 12.2. The molecule has 0 aromatic heterocycles. The minimum Gasteiger partial charge on any atom is -0.508 e. The Hall–Kier alpha value is -2.04. The van der Waals surface area contributed by atoms with Crippen LogP contribution >= 0.6 is 0 Å². The second kappa shape index (κ2) is 7.53. The van der Waals surface area contributed by atoms with Crippen molar-refractivity contribution in [2.75, 3.05) is 13.7 Å². The summed E-state index contributed by atoms with van der Waals surface area (Å²) in [4.78, 5) is 24.9. The van der Waals surface area contributed by atoms with Crippen LogP contribution < -0.4 is 0 Å². The first-order chi connectivity index (χ1) is 9.45. The molecule has 110 valence electrons. The number of benzene rings is 1. The van der Waals surface area contributed by atoms with Crippen molar-refractivity contribution >= 4 is 11.9 Å². The number of hydrogen-bond donors (Lipinski definition) is 1. The molecule has 0 atom stereocenters. The summed E-state index contributed by atoms with van der Waals surface area (Å²) < 4.78 is 4.59. The number of phenols is 1. The van der Waals surface area contributed by atoms with E-state index < -0.39 is 5.97 Å². The van der Waals surface area contributed by atoms with Gasteiger partial charge in [0.05, 0.1) is 7.11 Å². The number of esters is 1. The van der Waals surface area contributed by atoms with Gasteiger partial charge in [0, 0.05) is 12.5 Å². The zero-order valence-electron chi connectivity index (χ0n) is 12.1. The van der Waals surface area contributed by atoms with Gasteiger partial charge in [0.15, 0.2) is 0 Å². The van der Waals surface area contributed by atoms with Crippen molar-refractivity contribution in [2.24, 2.45) is 0 Å². The molecule has 0 spiro atoms. The van der Waals surface area contributed by atoms with E-state index in [0.29, 0.717) is 6.42 Å². The van der Waals surface area contributed by atoms with Gasteiger partial charge in [0.25, 0.3) is 0 Å². The zero-order valence-corrected chi connectivity index (χ0v) is 12.1. The van der Waals surface area contributed by atoms with Crippen LogP contribution in [0.15, 0.2) is 24.3 Å². The van der Waals surface area contributed by atoms with Crippen LogP contribution in [0.1, 0.15) is 25.8 Å². The van der Waals surface area contributed by atoms with Crippen LogP contribution in [-0.2, 0) is 20.7 Å². The number of amides is 1. The molecular formula is C15H21NO4. The lowest BCUT2D eigenvalue weighted by Gasteiger charge is -2.25. The third kappa shape index (κ3) is 4.57. The highest BCUT2D eigenvalue weighted by atomic mass is 16.5. The fourth-order valence-corrected chi connectivity index (χ4v) is 1.87. The number of carbonyl (C=O) groups is 2. The van der Waals surface area contributed by atoms with Crippen molar-refractivity contribution in [3.63, 3.8) is 0 Å². The van der Waals surface area contributed by atoms with Crippen LogP contribution in [-0.4, -0.2) is 41.6 Å². The second-order valence-electron chi connectivity index (χ2n) is 4.82. The number of aryl methyl sites for hydroxylation is 1. The van der Waals surface area contributed by atoms with Crippen molar-refractivity contribution in [1.82, 2.24) is 4.90 Å². The van der Waals surface area contributed by atoms with E-state index in [-0.39, 0.29) is 30.7 Å². The normalized spacial score (nSPS) is 10.4. The molecular weight excluding hydrogens is 258 g/mol. The molecule has 0 aliphatic carbocycles. The fraction of sp³-hybridized carbons (Fsp3) is 0.467. The number of ether oxygens (including phenoxy) is 1. The first-order valence-electron chi connectivity index (χ1n) is 6.58. The summed E-state index contributed by atoms with van der Waals surface area (Å²) >= 11 is 0. The number of nitrogens with zero attached hydrogens (tertiary/aromatic N) is 1. The van der Waals surface area contributed by atoms with Gasteiger partial charge in [-0.2, -0.15) is 0 Å². The highest BCUT2D eigenvalue weighted by Crippen LogP contribution is 2.18. The molecule has 1 rings (SSSR count). The molecule has 5 heteroatoms. The lowest BCUT2D eigenvalue weighted by atomic mass is 10.1. The SMILES string of the molecule is COC(=O)CN(C(=O)CCc1ccccc1O)C(C)C. The Morgan fingerprint density at radius 1 is 1.30 bits per heavy atom. The Kier molecular flexibility index (Phi) is 6.03. The Labute approximate surface area is 119 Å². The minimum absolute atomic E-state index is 0.0478. The van der Waals surface area contributed by atoms with E-state index in [1.54, 1.807) is 18.2 Å². The monoisotopic (exact) mass is 279 g/mol. The highest BCUT2D eigenvalue weighted by molar-refractivity contribution is 5.82. The molecule has 1 aromatic rings. The van der Waals surface area contributed by atoms with Gasteiger partial charge >= 0.3 is 5.97 Å². The molecule has 5 nitrogen and oxygen atoms in total. The van der Waals surface area contributed by atoms with Gasteiger partial charge < -0.3 is 14.7 Å². The number of para-hydroxylation sites is 1. The van der Waals surface area contributed by atoms with Crippen molar-refractivity contribution in [1.29, 1.82) is 0 Å². The average molecular weight is 279 g/mol. The Balaban J connectivity index is 2.63. The van der Waals surface area contributed by atoms with Gasteiger partial charge in [-0.05, 0) is 31.9 Å². The summed E-state index contributed by atoms with van der Waals surface area (Å²) in [5.41, 5.74) is 0.725. The first kappa shape index (κ1) is 16.0. The molecule has 0 fully saturated rings. The lowest BCUT2D eigenvalue weighted by Crippen LogP contribution is -2.41. The van der Waals surface area contributed by atoms with E-state index >= 15 is 0 Å². The standard InChI is InChI=1S/C15H21NO4/c1-11(2)16(10-15(19)20-3)14(18)9-8-12-6-4-5-7-13(12)17/h4-7,11,17H,8-10H2,1-3H3. The van der Waals surface area contributed by atoms with Gasteiger partial charge in [-0.15, -0.1) is 0 Å². The van der Waals surface area contributed by atoms with Crippen LogP contribution in [0.5, 0.6) is 5.75 Å². The summed E-state index contributed by atoms with van der Waals surface area (Å²) in [6.07, 6.45) is 0.683. The number of aromatic hydroxyl groups is 1. The molecule has 0 aliphatic heterocycles. The summed E-state index contributed by atoms with van der Waals surface area (Å²) in [6.45, 7) is 3.65. The van der Waals surface area contributed by atoms with E-state index in [0.717, 1.165) is 5.56 Å². The van der Waals surface area contributed by atoms with Gasteiger partial charge in [-0.1, -0.05) is 18.2 Å². The third-order valence-corrected chi connectivity index (χ3v) is 3.07. The summed E-state index contributed by atoms with van der Waals surface area (Å²) in [7, 11) is 1.30. The molecule has 0 radical (unpaired) electrons. The number of phenolic OH excluding ortho intramolecular Hbond substituents is 1. The maximum absolute atomic E-state index is 12.2. The molecule has 0 unspecified atom stereocenters. The summed E-state index contributed by atoms with van der Waals surface area (Å²) in [5.74, 6) is -0.382. The molecule has 1 N–H and O–H groups in total. The van der Waals surface area contributed by atoms with E-state index in [1.807, 2.05) is 19.9 Å². The number of carbonyl (C=O) groups excluding carboxylic acids is 2. The molecule has 0 aliphatic rings. The maximum Gasteiger partial charge on any atom is 0.325 e. The van der Waals surface area contributed by atoms with Gasteiger partial charge in [-0.3, -0.25) is 9.59 Å². The molecule has 0 saturated carbocycles. The van der Waals surface area contributed by atoms with Gasteiger partial charge in [0.1, 0.15) is 12.3 Å². The molecule has 0 saturated heterocycles. The van der Waals surface area contributed by atoms with E-state index in [1.165, 1.54) is 12.0 Å². The van der Waals surface area contributed by atoms with Crippen molar-refractivity contribution < 1.29 is 19.4 Å². The summed E-state index contributed by atoms with van der Waals surface area (Å²) in [6, 6.07) is 6.84. The van der Waals surface area contributed by atoms with Crippen LogP contribution in [0.25, 0.3) is 0 Å². The lowest BCUT2D eigenvalue weighted by molar-refractivity contribution is -0.148. The molecule has 1 amide bonds. The topological polar surface area (TPSA) is 66.8 Å². The molecule has 1 aromatic carbocycles. The minimum atomic E-state index is -0.436. The summed E-state index contributed by atoms with van der Waals surface area (Å²) in [5, 5.41) is 9.66. The van der Waals surface area contributed by atoms with E-state index in [4.69, 9.17) is 0 Å². The Morgan fingerprint density at radius 2 is 1.95 bits per heavy atom. The van der Waals surface area contributed by atoms with E-state index in [2.05, 4.69) is 4.74 Å². The van der Waals surface area contributed by atoms with Crippen LogP contribution in [0.3, 0.4) is 0 Å². The third-order valence-electron chi connectivity index (χ3n) is 3.07. The largest absolute Gasteiger partial charge is 0.508 e. The van der Waals surface area contributed by atoms with Crippen LogP contribution in [0, 0.1) is 0 Å². The zero-order chi connectivity index (χ0) is 15.1. The van der Waals surface area contributed by atoms with Crippen LogP contribution in [0.2, 0.25) is 0 Å². The first-order valence-corrected chi connectivity index (χ1v) is 6.58.